The van der Waals surface area contributed by atoms with Crippen LogP contribution in [0.15, 0.2) is 48.0 Å². The predicted molar refractivity (Wildman–Crippen MR) is 120 cm³/mol. The minimum absolute atomic E-state index is 0.120. The molecule has 168 valence electrons. The molecule has 1 N–H and O–H groups in total. The molecule has 1 aliphatic heterocycles. The van der Waals surface area contributed by atoms with Gasteiger partial charge in [0.2, 0.25) is 0 Å². The summed E-state index contributed by atoms with van der Waals surface area (Å²) in [6.45, 7) is 0.803. The molecule has 3 heterocycles. The fraction of sp³-hybridized carbons (Fsp3) is 0.440. The molecule has 7 nitrogen and oxygen atoms in total. The first-order chi connectivity index (χ1) is 16.1. The molecule has 3 aliphatic carbocycles. The number of rotatable bonds is 5. The number of nitriles is 1. The van der Waals surface area contributed by atoms with Crippen LogP contribution in [0.5, 0.6) is 0 Å². The van der Waals surface area contributed by atoms with E-state index in [1.165, 1.54) is 12.3 Å². The summed E-state index contributed by atoms with van der Waals surface area (Å²) < 4.78 is 15.7. The lowest BCUT2D eigenvalue weighted by Crippen LogP contribution is -2.51. The zero-order chi connectivity index (χ0) is 22.5. The minimum atomic E-state index is -0.708. The first-order valence-electron chi connectivity index (χ1n) is 11.6. The van der Waals surface area contributed by atoms with Gasteiger partial charge >= 0.3 is 0 Å². The van der Waals surface area contributed by atoms with Crippen molar-refractivity contribution in [3.8, 4) is 6.07 Å². The van der Waals surface area contributed by atoms with Gasteiger partial charge in [0, 0.05) is 42.9 Å². The number of aliphatic hydroxyl groups is 1. The number of halogens is 1. The lowest BCUT2D eigenvalue weighted by atomic mass is 9.55. The smallest absolute Gasteiger partial charge is 0.146 e. The second kappa shape index (κ2) is 7.92. The van der Waals surface area contributed by atoms with Gasteiger partial charge in [0.25, 0.3) is 0 Å². The summed E-state index contributed by atoms with van der Waals surface area (Å²) in [6.07, 6.45) is 9.75. The van der Waals surface area contributed by atoms with Gasteiger partial charge in [0.15, 0.2) is 0 Å². The van der Waals surface area contributed by atoms with Crippen LogP contribution in [0.25, 0.3) is 10.9 Å². The molecule has 3 saturated carbocycles. The summed E-state index contributed by atoms with van der Waals surface area (Å²) in [5.74, 6) is 1.33. The number of hydrazone groups is 1. The van der Waals surface area contributed by atoms with E-state index in [0.29, 0.717) is 29.7 Å². The molecule has 7 rings (SSSR count). The number of nitrogens with zero attached hydrogens (tertiary/aromatic N) is 6. The third-order valence-electron chi connectivity index (χ3n) is 7.79. The van der Waals surface area contributed by atoms with Crippen LogP contribution in [0.2, 0.25) is 0 Å². The highest BCUT2D eigenvalue weighted by Gasteiger charge is 2.50. The fourth-order valence-corrected chi connectivity index (χ4v) is 6.02. The second-order valence-electron chi connectivity index (χ2n) is 9.67. The Morgan fingerprint density at radius 2 is 2.06 bits per heavy atom. The topological polar surface area (TPSA) is 90.3 Å². The van der Waals surface area contributed by atoms with E-state index >= 15 is 0 Å². The van der Waals surface area contributed by atoms with Crippen molar-refractivity contribution in [3.63, 3.8) is 0 Å². The van der Waals surface area contributed by atoms with E-state index in [1.54, 1.807) is 23.5 Å². The molecule has 0 saturated heterocycles. The minimum Gasteiger partial charge on any atom is -0.372 e. The molecule has 1 aromatic carbocycles. The highest BCUT2D eigenvalue weighted by molar-refractivity contribution is 5.79. The number of hydrogen-bond acceptors (Lipinski definition) is 6. The lowest BCUT2D eigenvalue weighted by Gasteiger charge is -2.53. The standard InChI is InChI=1S/C25H25FN6O/c26-21-8-18(11-28-12-21)24-3-4-29-32(24)25(33)22-9-19(16-6-17(22)7-16)13-31-14-20-5-15(10-27)1-2-23(20)30-31/h1-2,4-5,8,11-12,14,16-17,19,22,24-25,33H,3,6-7,9,13H2/t16?,17?,19-,22?,24?,25?/m0/s1. The third-order valence-corrected chi connectivity index (χ3v) is 7.79. The number of pyridine rings is 1. The van der Waals surface area contributed by atoms with Gasteiger partial charge in [-0.1, -0.05) is 0 Å². The summed E-state index contributed by atoms with van der Waals surface area (Å²) in [7, 11) is 0. The van der Waals surface area contributed by atoms with Crippen molar-refractivity contribution in [3.05, 3.63) is 59.8 Å². The Balaban J connectivity index is 1.19. The van der Waals surface area contributed by atoms with Crippen LogP contribution in [-0.4, -0.2) is 37.3 Å². The number of aromatic nitrogens is 3. The Kier molecular flexibility index (Phi) is 4.88. The average Bonchev–Trinajstić information content (AvgIpc) is 3.44. The van der Waals surface area contributed by atoms with E-state index < -0.39 is 6.23 Å². The lowest BCUT2D eigenvalue weighted by molar-refractivity contribution is -0.134. The fourth-order valence-electron chi connectivity index (χ4n) is 6.02. The van der Waals surface area contributed by atoms with E-state index in [4.69, 9.17) is 10.4 Å². The van der Waals surface area contributed by atoms with Gasteiger partial charge in [-0.25, -0.2) is 4.39 Å². The largest absolute Gasteiger partial charge is 0.372 e. The van der Waals surface area contributed by atoms with Crippen LogP contribution in [0.1, 0.15) is 42.9 Å². The normalized spacial score (nSPS) is 29.1. The van der Waals surface area contributed by atoms with Gasteiger partial charge in [0.05, 0.1) is 29.4 Å². The van der Waals surface area contributed by atoms with E-state index in [-0.39, 0.29) is 17.8 Å². The average molecular weight is 445 g/mol. The van der Waals surface area contributed by atoms with Gasteiger partial charge in [-0.2, -0.15) is 15.5 Å². The van der Waals surface area contributed by atoms with Crippen LogP contribution >= 0.6 is 0 Å². The van der Waals surface area contributed by atoms with E-state index in [0.717, 1.165) is 42.3 Å². The highest BCUT2D eigenvalue weighted by Crippen LogP contribution is 2.54. The molecule has 4 atom stereocenters. The number of benzene rings is 1. The predicted octanol–water partition coefficient (Wildman–Crippen LogP) is 3.86. The zero-order valence-electron chi connectivity index (χ0n) is 18.1. The summed E-state index contributed by atoms with van der Waals surface area (Å²) in [4.78, 5) is 3.98. The van der Waals surface area contributed by atoms with Crippen molar-refractivity contribution in [1.29, 1.82) is 5.26 Å². The molecule has 0 radical (unpaired) electrons. The molecule has 0 amide bonds. The van der Waals surface area contributed by atoms with E-state index in [1.807, 2.05) is 23.0 Å². The maximum absolute atomic E-state index is 13.7. The summed E-state index contributed by atoms with van der Waals surface area (Å²) in [5, 5.41) is 32.4. The summed E-state index contributed by atoms with van der Waals surface area (Å²) in [5.41, 5.74) is 2.27. The van der Waals surface area contributed by atoms with Gasteiger partial charge in [-0.05, 0) is 66.8 Å². The van der Waals surface area contributed by atoms with Crippen molar-refractivity contribution < 1.29 is 9.50 Å². The highest BCUT2D eigenvalue weighted by atomic mass is 19.1. The molecule has 4 aliphatic rings. The maximum atomic E-state index is 13.7. The van der Waals surface area contributed by atoms with E-state index in [9.17, 15) is 9.50 Å². The summed E-state index contributed by atoms with van der Waals surface area (Å²) >= 11 is 0. The Morgan fingerprint density at radius 1 is 1.18 bits per heavy atom. The van der Waals surface area contributed by atoms with Crippen molar-refractivity contribution in [2.24, 2.45) is 28.8 Å². The van der Waals surface area contributed by atoms with Gasteiger partial charge in [-0.3, -0.25) is 14.7 Å². The molecule has 2 aromatic heterocycles. The maximum Gasteiger partial charge on any atom is 0.146 e. The van der Waals surface area contributed by atoms with Crippen LogP contribution in [0.3, 0.4) is 0 Å². The monoisotopic (exact) mass is 444 g/mol. The molecular weight excluding hydrogens is 419 g/mol. The molecule has 8 heteroatoms. The Bertz CT molecular complexity index is 1260. The van der Waals surface area contributed by atoms with Crippen molar-refractivity contribution in [2.45, 2.75) is 44.5 Å². The molecular formula is C25H25FN6O. The van der Waals surface area contributed by atoms with Crippen molar-refractivity contribution in [1.82, 2.24) is 19.8 Å². The van der Waals surface area contributed by atoms with E-state index in [2.05, 4.69) is 16.2 Å². The first-order valence-corrected chi connectivity index (χ1v) is 11.6. The molecule has 3 fully saturated rings. The Labute approximate surface area is 191 Å². The van der Waals surface area contributed by atoms with Crippen LogP contribution < -0.4 is 0 Å². The number of hydrogen-bond donors (Lipinski definition) is 1. The number of aliphatic hydroxyl groups excluding tert-OH is 1. The van der Waals surface area contributed by atoms with Gasteiger partial charge < -0.3 is 5.11 Å². The SMILES string of the molecule is N#Cc1ccc2nn(C[C@@H]3CC(C(O)N4N=CCC4c4cncc(F)c4)C4CC3C4)cc2c1. The van der Waals surface area contributed by atoms with Crippen molar-refractivity contribution >= 4 is 17.1 Å². The molecule has 3 unspecified atom stereocenters. The molecule has 2 bridgehead atoms. The first kappa shape index (κ1) is 20.3. The van der Waals surface area contributed by atoms with Crippen LogP contribution in [0.4, 0.5) is 4.39 Å². The van der Waals surface area contributed by atoms with Crippen LogP contribution in [-0.2, 0) is 6.54 Å². The second-order valence-corrected chi connectivity index (χ2v) is 9.67. The number of fused-ring (bicyclic) bond motifs is 3. The zero-order valence-corrected chi connectivity index (χ0v) is 18.1. The molecule has 0 spiro atoms. The van der Waals surface area contributed by atoms with Gasteiger partial charge in [0.1, 0.15) is 12.0 Å². The molecule has 33 heavy (non-hydrogen) atoms. The van der Waals surface area contributed by atoms with Crippen molar-refractivity contribution in [2.75, 3.05) is 0 Å². The van der Waals surface area contributed by atoms with Gasteiger partial charge in [-0.15, -0.1) is 0 Å². The third kappa shape index (κ3) is 3.57. The molecule has 3 aromatic rings. The quantitative estimate of drug-likeness (QED) is 0.645. The summed E-state index contributed by atoms with van der Waals surface area (Å²) in [6, 6.07) is 9.03. The Morgan fingerprint density at radius 3 is 2.88 bits per heavy atom. The van der Waals surface area contributed by atoms with Crippen LogP contribution in [0, 0.1) is 40.8 Å². The Hall–Kier alpha value is -3.31.